The summed E-state index contributed by atoms with van der Waals surface area (Å²) < 4.78 is 10.4. The van der Waals surface area contributed by atoms with Gasteiger partial charge in [-0.05, 0) is 36.4 Å². The number of ether oxygens (including phenoxy) is 2. The van der Waals surface area contributed by atoms with Gasteiger partial charge in [0.05, 0.1) is 14.2 Å². The zero-order valence-corrected chi connectivity index (χ0v) is 11.9. The van der Waals surface area contributed by atoms with E-state index in [1.807, 2.05) is 12.1 Å². The number of hydrogen-bond donors (Lipinski definition) is 2. The molecule has 0 aliphatic carbocycles. The summed E-state index contributed by atoms with van der Waals surface area (Å²) in [6, 6.07) is 11.5. The molecule has 5 heteroatoms. The average Bonchev–Trinajstić information content (AvgIpc) is 2.53. The lowest BCUT2D eigenvalue weighted by molar-refractivity contribution is 0.0950. The van der Waals surface area contributed by atoms with Crippen molar-refractivity contribution in [2.75, 3.05) is 14.2 Å². The summed E-state index contributed by atoms with van der Waals surface area (Å²) in [6.07, 6.45) is 0. The molecule has 0 unspecified atom stereocenters. The standard InChI is InChI=1S/C16H17NO4/c1-20-14-8-5-12(15(9-14)21-2)10-17-16(19)11-3-6-13(18)7-4-11/h3-9,18H,10H2,1-2H3,(H,17,19). The first-order valence-corrected chi connectivity index (χ1v) is 6.42. The van der Waals surface area contributed by atoms with Crippen LogP contribution in [0, 0.1) is 0 Å². The Morgan fingerprint density at radius 3 is 2.43 bits per heavy atom. The first kappa shape index (κ1) is 14.7. The van der Waals surface area contributed by atoms with E-state index in [2.05, 4.69) is 5.32 Å². The van der Waals surface area contributed by atoms with E-state index in [0.717, 1.165) is 5.56 Å². The predicted octanol–water partition coefficient (Wildman–Crippen LogP) is 2.34. The highest BCUT2D eigenvalue weighted by Crippen LogP contribution is 2.24. The molecular weight excluding hydrogens is 270 g/mol. The molecule has 0 aliphatic rings. The highest BCUT2D eigenvalue weighted by atomic mass is 16.5. The van der Waals surface area contributed by atoms with Gasteiger partial charge in [-0.25, -0.2) is 0 Å². The fourth-order valence-corrected chi connectivity index (χ4v) is 1.89. The number of carbonyl (C=O) groups is 1. The Morgan fingerprint density at radius 2 is 1.81 bits per heavy atom. The van der Waals surface area contributed by atoms with Gasteiger partial charge in [-0.2, -0.15) is 0 Å². The number of aromatic hydroxyl groups is 1. The zero-order chi connectivity index (χ0) is 15.2. The van der Waals surface area contributed by atoms with Gasteiger partial charge in [0.25, 0.3) is 5.91 Å². The van der Waals surface area contributed by atoms with E-state index in [4.69, 9.17) is 9.47 Å². The van der Waals surface area contributed by atoms with E-state index < -0.39 is 0 Å². The number of phenolic OH excluding ortho intramolecular Hbond substituents is 1. The summed E-state index contributed by atoms with van der Waals surface area (Å²) in [5, 5.41) is 12.0. The number of hydrogen-bond acceptors (Lipinski definition) is 4. The van der Waals surface area contributed by atoms with E-state index in [0.29, 0.717) is 23.6 Å². The molecule has 110 valence electrons. The summed E-state index contributed by atoms with van der Waals surface area (Å²) in [5.74, 6) is 1.26. The lowest BCUT2D eigenvalue weighted by Gasteiger charge is -2.11. The van der Waals surface area contributed by atoms with Crippen LogP contribution in [-0.2, 0) is 6.54 Å². The van der Waals surface area contributed by atoms with Crippen molar-refractivity contribution in [3.8, 4) is 17.2 Å². The molecule has 21 heavy (non-hydrogen) atoms. The minimum atomic E-state index is -0.215. The molecule has 0 saturated heterocycles. The Balaban J connectivity index is 2.05. The number of nitrogens with one attached hydrogen (secondary N) is 1. The van der Waals surface area contributed by atoms with Gasteiger partial charge in [0.1, 0.15) is 17.2 Å². The number of phenols is 1. The van der Waals surface area contributed by atoms with Crippen LogP contribution in [0.4, 0.5) is 0 Å². The molecule has 0 heterocycles. The molecule has 0 atom stereocenters. The van der Waals surface area contributed by atoms with Crippen LogP contribution in [0.5, 0.6) is 17.2 Å². The van der Waals surface area contributed by atoms with E-state index in [-0.39, 0.29) is 11.7 Å². The Kier molecular flexibility index (Phi) is 4.66. The maximum atomic E-state index is 12.0. The molecule has 2 N–H and O–H groups in total. The first-order valence-electron chi connectivity index (χ1n) is 6.42. The van der Waals surface area contributed by atoms with Crippen molar-refractivity contribution in [2.45, 2.75) is 6.54 Å². The topological polar surface area (TPSA) is 67.8 Å². The lowest BCUT2D eigenvalue weighted by atomic mass is 10.1. The average molecular weight is 287 g/mol. The first-order chi connectivity index (χ1) is 10.1. The number of carbonyl (C=O) groups excluding carboxylic acids is 1. The number of methoxy groups -OCH3 is 2. The number of rotatable bonds is 5. The van der Waals surface area contributed by atoms with Crippen molar-refractivity contribution in [3.05, 3.63) is 53.6 Å². The second kappa shape index (κ2) is 6.65. The molecule has 0 spiro atoms. The predicted molar refractivity (Wildman–Crippen MR) is 78.8 cm³/mol. The van der Waals surface area contributed by atoms with E-state index in [9.17, 15) is 9.90 Å². The van der Waals surface area contributed by atoms with E-state index >= 15 is 0 Å². The number of benzene rings is 2. The highest BCUT2D eigenvalue weighted by Gasteiger charge is 2.08. The van der Waals surface area contributed by atoms with Crippen LogP contribution in [0.1, 0.15) is 15.9 Å². The Hall–Kier alpha value is -2.69. The van der Waals surface area contributed by atoms with Gasteiger partial charge in [0, 0.05) is 23.7 Å². The van der Waals surface area contributed by atoms with Crippen LogP contribution < -0.4 is 14.8 Å². The van der Waals surface area contributed by atoms with Crippen molar-refractivity contribution in [1.82, 2.24) is 5.32 Å². The minimum Gasteiger partial charge on any atom is -0.508 e. The molecule has 0 fully saturated rings. The summed E-state index contributed by atoms with van der Waals surface area (Å²) >= 11 is 0. The zero-order valence-electron chi connectivity index (χ0n) is 11.9. The van der Waals surface area contributed by atoms with Crippen LogP contribution in [0.15, 0.2) is 42.5 Å². The van der Waals surface area contributed by atoms with Crippen LogP contribution in [0.2, 0.25) is 0 Å². The van der Waals surface area contributed by atoms with Crippen molar-refractivity contribution in [1.29, 1.82) is 0 Å². The third-order valence-electron chi connectivity index (χ3n) is 3.06. The smallest absolute Gasteiger partial charge is 0.251 e. The van der Waals surface area contributed by atoms with Gasteiger partial charge in [-0.15, -0.1) is 0 Å². The molecule has 1 amide bonds. The van der Waals surface area contributed by atoms with E-state index in [1.54, 1.807) is 32.4 Å². The highest BCUT2D eigenvalue weighted by molar-refractivity contribution is 5.94. The fraction of sp³-hybridized carbons (Fsp3) is 0.188. The molecule has 2 aromatic carbocycles. The van der Waals surface area contributed by atoms with Crippen molar-refractivity contribution in [2.24, 2.45) is 0 Å². The minimum absolute atomic E-state index is 0.128. The summed E-state index contributed by atoms with van der Waals surface area (Å²) in [6.45, 7) is 0.340. The SMILES string of the molecule is COc1ccc(CNC(=O)c2ccc(O)cc2)c(OC)c1. The van der Waals surface area contributed by atoms with Gasteiger partial charge >= 0.3 is 0 Å². The molecule has 0 saturated carbocycles. The lowest BCUT2D eigenvalue weighted by Crippen LogP contribution is -2.22. The second-order valence-corrected chi connectivity index (χ2v) is 4.41. The molecule has 2 rings (SSSR count). The van der Waals surface area contributed by atoms with Gasteiger partial charge < -0.3 is 19.9 Å². The van der Waals surface area contributed by atoms with Gasteiger partial charge in [-0.1, -0.05) is 0 Å². The Labute approximate surface area is 123 Å². The molecule has 2 aromatic rings. The molecule has 0 radical (unpaired) electrons. The van der Waals surface area contributed by atoms with Crippen LogP contribution >= 0.6 is 0 Å². The van der Waals surface area contributed by atoms with Gasteiger partial charge in [0.15, 0.2) is 0 Å². The molecule has 0 aromatic heterocycles. The summed E-state index contributed by atoms with van der Waals surface area (Å²) in [4.78, 5) is 12.0. The van der Waals surface area contributed by atoms with Crippen molar-refractivity contribution >= 4 is 5.91 Å². The van der Waals surface area contributed by atoms with Crippen molar-refractivity contribution < 1.29 is 19.4 Å². The molecule has 5 nitrogen and oxygen atoms in total. The van der Waals surface area contributed by atoms with Crippen molar-refractivity contribution in [3.63, 3.8) is 0 Å². The second-order valence-electron chi connectivity index (χ2n) is 4.41. The number of amides is 1. The third kappa shape index (κ3) is 3.66. The fourth-order valence-electron chi connectivity index (χ4n) is 1.89. The summed E-state index contributed by atoms with van der Waals surface area (Å²) in [7, 11) is 3.15. The maximum absolute atomic E-state index is 12.0. The third-order valence-corrected chi connectivity index (χ3v) is 3.06. The van der Waals surface area contributed by atoms with E-state index in [1.165, 1.54) is 12.1 Å². The monoisotopic (exact) mass is 287 g/mol. The molecular formula is C16H17NO4. The quantitative estimate of drug-likeness (QED) is 0.885. The maximum Gasteiger partial charge on any atom is 0.251 e. The van der Waals surface area contributed by atoms with Crippen LogP contribution in [0.3, 0.4) is 0 Å². The van der Waals surface area contributed by atoms with Crippen LogP contribution in [0.25, 0.3) is 0 Å². The van der Waals surface area contributed by atoms with Gasteiger partial charge in [-0.3, -0.25) is 4.79 Å². The van der Waals surface area contributed by atoms with Gasteiger partial charge in [0.2, 0.25) is 0 Å². The molecule has 0 aliphatic heterocycles. The molecule has 0 bridgehead atoms. The Bertz CT molecular complexity index is 623. The van der Waals surface area contributed by atoms with Crippen LogP contribution in [-0.4, -0.2) is 25.2 Å². The summed E-state index contributed by atoms with van der Waals surface area (Å²) in [5.41, 5.74) is 1.34. The normalized spacial score (nSPS) is 10.0. The Morgan fingerprint density at radius 1 is 1.10 bits per heavy atom. The largest absolute Gasteiger partial charge is 0.508 e.